The molecule has 7 atom stereocenters. The zero-order valence-electron chi connectivity index (χ0n) is 17.5. The molecule has 5 fully saturated rings. The Morgan fingerprint density at radius 2 is 1.71 bits per heavy atom. The number of fused-ring (bicyclic) bond motifs is 5. The van der Waals surface area contributed by atoms with Gasteiger partial charge in [0.2, 0.25) is 5.91 Å². The van der Waals surface area contributed by atoms with E-state index in [9.17, 15) is 9.59 Å². The Morgan fingerprint density at radius 1 is 0.964 bits per heavy atom. The molecule has 0 spiro atoms. The third-order valence-electron chi connectivity index (χ3n) is 9.54. The molecular formula is C23H35NO4. The maximum atomic E-state index is 13.4. The maximum absolute atomic E-state index is 13.4. The van der Waals surface area contributed by atoms with E-state index < -0.39 is 0 Å². The van der Waals surface area contributed by atoms with Gasteiger partial charge in [0, 0.05) is 30.8 Å². The minimum absolute atomic E-state index is 0.00129. The number of rotatable bonds is 1. The van der Waals surface area contributed by atoms with Crippen LogP contribution in [0.25, 0.3) is 0 Å². The van der Waals surface area contributed by atoms with E-state index >= 15 is 0 Å². The summed E-state index contributed by atoms with van der Waals surface area (Å²) < 4.78 is 11.3. The van der Waals surface area contributed by atoms with Crippen molar-refractivity contribution in [2.75, 3.05) is 26.3 Å². The lowest BCUT2D eigenvalue weighted by atomic mass is 9.47. The quantitative estimate of drug-likeness (QED) is 0.645. The number of ether oxygens (including phenoxy) is 2. The van der Waals surface area contributed by atoms with E-state index in [-0.39, 0.29) is 28.8 Å². The van der Waals surface area contributed by atoms with Crippen LogP contribution >= 0.6 is 0 Å². The van der Waals surface area contributed by atoms with E-state index in [1.165, 1.54) is 12.8 Å². The van der Waals surface area contributed by atoms with Crippen molar-refractivity contribution in [1.82, 2.24) is 4.90 Å². The third kappa shape index (κ3) is 2.68. The normalized spacial score (nSPS) is 48.3. The Kier molecular flexibility index (Phi) is 4.53. The largest absolute Gasteiger partial charge is 0.462 e. The standard InChI is InChI=1S/C23H35NO4/c1-22-9-7-17-15(3-6-19-23(17,2)10-8-20(25)28-19)16(22)4-5-18(22)21(26)24-11-13-27-14-12-24/h15-19H,3-14H2,1-2H3/t15?,16?,17?,18-,19-,22+,23-/m1/s1. The number of hydrogen-bond acceptors (Lipinski definition) is 4. The number of carbonyl (C=O) groups excluding carboxylic acids is 2. The van der Waals surface area contributed by atoms with Crippen LogP contribution in [0.1, 0.15) is 65.2 Å². The first-order chi connectivity index (χ1) is 13.4. The monoisotopic (exact) mass is 389 g/mol. The molecule has 5 aliphatic rings. The number of hydrogen-bond donors (Lipinski definition) is 0. The Bertz CT molecular complexity index is 659. The topological polar surface area (TPSA) is 55.8 Å². The van der Waals surface area contributed by atoms with Crippen LogP contribution in [-0.2, 0) is 19.1 Å². The van der Waals surface area contributed by atoms with Crippen LogP contribution in [0.5, 0.6) is 0 Å². The molecule has 2 heterocycles. The lowest BCUT2D eigenvalue weighted by Gasteiger charge is -2.59. The highest BCUT2D eigenvalue weighted by Gasteiger charge is 2.62. The summed E-state index contributed by atoms with van der Waals surface area (Å²) >= 11 is 0. The molecule has 0 aromatic heterocycles. The van der Waals surface area contributed by atoms with Crippen molar-refractivity contribution < 1.29 is 19.1 Å². The first-order valence-corrected chi connectivity index (χ1v) is 11.5. The van der Waals surface area contributed by atoms with E-state index in [1.54, 1.807) is 0 Å². The fraction of sp³-hybridized carbons (Fsp3) is 0.913. The van der Waals surface area contributed by atoms with Crippen LogP contribution < -0.4 is 0 Å². The second kappa shape index (κ2) is 6.72. The van der Waals surface area contributed by atoms with Gasteiger partial charge in [-0.15, -0.1) is 0 Å². The zero-order valence-corrected chi connectivity index (χ0v) is 17.5. The number of carbonyl (C=O) groups is 2. The van der Waals surface area contributed by atoms with Gasteiger partial charge in [0.15, 0.2) is 0 Å². The molecule has 156 valence electrons. The number of esters is 1. The molecule has 5 heteroatoms. The highest BCUT2D eigenvalue weighted by molar-refractivity contribution is 5.80. The van der Waals surface area contributed by atoms with Crippen LogP contribution in [0, 0.1) is 34.5 Å². The summed E-state index contributed by atoms with van der Waals surface area (Å²) in [6.07, 6.45) is 8.44. The smallest absolute Gasteiger partial charge is 0.306 e. The van der Waals surface area contributed by atoms with Gasteiger partial charge in [0.1, 0.15) is 6.10 Å². The van der Waals surface area contributed by atoms with Crippen LogP contribution in [0.2, 0.25) is 0 Å². The average Bonchev–Trinajstić information content (AvgIpc) is 3.06. The van der Waals surface area contributed by atoms with Gasteiger partial charge in [-0.1, -0.05) is 13.8 Å². The Morgan fingerprint density at radius 3 is 2.50 bits per heavy atom. The molecule has 5 rings (SSSR count). The molecule has 3 unspecified atom stereocenters. The number of nitrogens with zero attached hydrogens (tertiary/aromatic N) is 1. The van der Waals surface area contributed by atoms with Crippen molar-refractivity contribution in [3.05, 3.63) is 0 Å². The third-order valence-corrected chi connectivity index (χ3v) is 9.54. The summed E-state index contributed by atoms with van der Waals surface area (Å²) in [7, 11) is 0. The highest BCUT2D eigenvalue weighted by Crippen LogP contribution is 2.66. The van der Waals surface area contributed by atoms with Crippen molar-refractivity contribution >= 4 is 11.9 Å². The van der Waals surface area contributed by atoms with Crippen molar-refractivity contribution in [3.8, 4) is 0 Å². The molecule has 28 heavy (non-hydrogen) atoms. The predicted octanol–water partition coefficient (Wildman–Crippen LogP) is 3.41. The second-order valence-corrected chi connectivity index (χ2v) is 10.6. The predicted molar refractivity (Wildman–Crippen MR) is 104 cm³/mol. The van der Waals surface area contributed by atoms with Gasteiger partial charge in [0.05, 0.1) is 13.2 Å². The summed E-state index contributed by atoms with van der Waals surface area (Å²) in [5.41, 5.74) is 0.287. The summed E-state index contributed by atoms with van der Waals surface area (Å²) in [5.74, 6) is 2.56. The van der Waals surface area contributed by atoms with Crippen molar-refractivity contribution in [2.24, 2.45) is 34.5 Å². The molecule has 5 nitrogen and oxygen atoms in total. The molecule has 0 N–H and O–H groups in total. The van der Waals surface area contributed by atoms with E-state index in [0.29, 0.717) is 43.3 Å². The Balaban J connectivity index is 1.36. The minimum atomic E-state index is -0.00129. The zero-order chi connectivity index (χ0) is 19.5. The van der Waals surface area contributed by atoms with Crippen LogP contribution in [0.15, 0.2) is 0 Å². The van der Waals surface area contributed by atoms with Gasteiger partial charge >= 0.3 is 5.97 Å². The first kappa shape index (κ1) is 18.9. The number of morpholine rings is 1. The molecule has 3 saturated carbocycles. The number of amides is 1. The van der Waals surface area contributed by atoms with Crippen molar-refractivity contribution in [1.29, 1.82) is 0 Å². The van der Waals surface area contributed by atoms with Crippen LogP contribution in [-0.4, -0.2) is 49.2 Å². The SMILES string of the molecule is C[C@]12CCC3C(CC[C@H]4OC(=O)CC[C@]34C)C1CC[C@@H]2C(=O)N1CCOCC1. The Labute approximate surface area is 168 Å². The van der Waals surface area contributed by atoms with E-state index in [1.807, 2.05) is 0 Å². The van der Waals surface area contributed by atoms with Crippen LogP contribution in [0.4, 0.5) is 0 Å². The first-order valence-electron chi connectivity index (χ1n) is 11.5. The van der Waals surface area contributed by atoms with Gasteiger partial charge in [-0.3, -0.25) is 9.59 Å². The van der Waals surface area contributed by atoms with Gasteiger partial charge in [-0.25, -0.2) is 0 Å². The molecule has 3 aliphatic carbocycles. The van der Waals surface area contributed by atoms with Gasteiger partial charge in [-0.05, 0) is 68.1 Å². The van der Waals surface area contributed by atoms with E-state index in [4.69, 9.17) is 9.47 Å². The fourth-order valence-electron chi connectivity index (χ4n) is 7.96. The van der Waals surface area contributed by atoms with Crippen molar-refractivity contribution in [3.63, 3.8) is 0 Å². The van der Waals surface area contributed by atoms with Gasteiger partial charge in [-0.2, -0.15) is 0 Å². The molecule has 2 saturated heterocycles. The Hall–Kier alpha value is -1.10. The molecule has 0 bridgehead atoms. The lowest BCUT2D eigenvalue weighted by Crippen LogP contribution is -2.57. The van der Waals surface area contributed by atoms with E-state index in [2.05, 4.69) is 18.7 Å². The molecular weight excluding hydrogens is 354 g/mol. The van der Waals surface area contributed by atoms with Crippen molar-refractivity contribution in [2.45, 2.75) is 71.3 Å². The molecule has 0 aromatic rings. The van der Waals surface area contributed by atoms with Gasteiger partial charge in [0.25, 0.3) is 0 Å². The lowest BCUT2D eigenvalue weighted by molar-refractivity contribution is -0.192. The molecule has 2 aliphatic heterocycles. The van der Waals surface area contributed by atoms with Gasteiger partial charge < -0.3 is 14.4 Å². The summed E-state index contributed by atoms with van der Waals surface area (Å²) in [6.45, 7) is 7.68. The molecule has 0 radical (unpaired) electrons. The van der Waals surface area contributed by atoms with Crippen LogP contribution in [0.3, 0.4) is 0 Å². The maximum Gasteiger partial charge on any atom is 0.306 e. The highest BCUT2D eigenvalue weighted by atomic mass is 16.5. The fourth-order valence-corrected chi connectivity index (χ4v) is 7.96. The average molecular weight is 390 g/mol. The van der Waals surface area contributed by atoms with E-state index in [0.717, 1.165) is 45.2 Å². The summed E-state index contributed by atoms with van der Waals surface area (Å²) in [6, 6.07) is 0. The second-order valence-electron chi connectivity index (χ2n) is 10.6. The molecule has 0 aromatic carbocycles. The summed E-state index contributed by atoms with van der Waals surface area (Å²) in [4.78, 5) is 27.3. The summed E-state index contributed by atoms with van der Waals surface area (Å²) in [5, 5.41) is 0. The molecule has 1 amide bonds. The minimum Gasteiger partial charge on any atom is -0.462 e.